The number of piperidine rings is 1. The van der Waals surface area contributed by atoms with Gasteiger partial charge in [0.2, 0.25) is 0 Å². The molecule has 0 bridgehead atoms. The van der Waals surface area contributed by atoms with Gasteiger partial charge in [-0.1, -0.05) is 0 Å². The molecule has 102 valence electrons. The van der Waals surface area contributed by atoms with Crippen molar-refractivity contribution in [1.82, 2.24) is 9.88 Å². The first-order chi connectivity index (χ1) is 8.81. The Hall–Kier alpha value is -0.200. The second-order valence-corrected chi connectivity index (χ2v) is 5.65. The van der Waals surface area contributed by atoms with Crippen LogP contribution in [0.2, 0.25) is 0 Å². The van der Waals surface area contributed by atoms with Gasteiger partial charge in [-0.15, -0.1) is 22.9 Å². The molecule has 1 N–H and O–H groups in total. The molecule has 1 aliphatic rings. The number of hydrogen-bond acceptors (Lipinski definition) is 5. The van der Waals surface area contributed by atoms with E-state index in [-0.39, 0.29) is 6.61 Å². The van der Waals surface area contributed by atoms with Crippen LogP contribution in [0.25, 0.3) is 0 Å². The third-order valence-corrected chi connectivity index (χ3v) is 4.23. The summed E-state index contributed by atoms with van der Waals surface area (Å²) >= 11 is 7.43. The van der Waals surface area contributed by atoms with Gasteiger partial charge in [0.1, 0.15) is 5.01 Å². The highest BCUT2D eigenvalue weighted by Gasteiger charge is 2.20. The fourth-order valence-electron chi connectivity index (χ4n) is 2.13. The topological polar surface area (TPSA) is 45.6 Å². The Kier molecular flexibility index (Phi) is 5.85. The molecule has 2 rings (SSSR count). The molecule has 1 saturated heterocycles. The molecule has 1 aromatic heterocycles. The zero-order valence-corrected chi connectivity index (χ0v) is 11.9. The fourth-order valence-corrected chi connectivity index (χ4v) is 3.19. The summed E-state index contributed by atoms with van der Waals surface area (Å²) in [5.41, 5.74) is 0.970. The van der Waals surface area contributed by atoms with Crippen molar-refractivity contribution in [3.05, 3.63) is 16.1 Å². The van der Waals surface area contributed by atoms with Gasteiger partial charge in [-0.25, -0.2) is 4.98 Å². The number of likely N-dealkylation sites (tertiary alicyclic amines) is 1. The molecule has 2 heterocycles. The quantitative estimate of drug-likeness (QED) is 0.812. The predicted octanol–water partition coefficient (Wildman–Crippen LogP) is 1.86. The number of aliphatic hydroxyl groups is 1. The zero-order chi connectivity index (χ0) is 12.8. The van der Waals surface area contributed by atoms with Crippen LogP contribution in [0, 0.1) is 0 Å². The molecule has 0 aliphatic carbocycles. The van der Waals surface area contributed by atoms with Crippen molar-refractivity contribution >= 4 is 22.9 Å². The molecule has 0 aromatic carbocycles. The van der Waals surface area contributed by atoms with E-state index in [1.54, 1.807) is 11.3 Å². The van der Waals surface area contributed by atoms with Crippen molar-refractivity contribution in [3.8, 4) is 0 Å². The van der Waals surface area contributed by atoms with Crippen molar-refractivity contribution in [2.45, 2.75) is 31.4 Å². The van der Waals surface area contributed by atoms with E-state index in [1.165, 1.54) is 0 Å². The Morgan fingerprint density at radius 1 is 1.50 bits per heavy atom. The summed E-state index contributed by atoms with van der Waals surface area (Å²) in [7, 11) is 0. The minimum Gasteiger partial charge on any atom is -0.394 e. The molecule has 6 heteroatoms. The number of aromatic nitrogens is 1. The number of thiazole rings is 1. The van der Waals surface area contributed by atoms with Gasteiger partial charge in [-0.05, 0) is 12.8 Å². The maximum Gasteiger partial charge on any atom is 0.107 e. The van der Waals surface area contributed by atoms with E-state index in [0.29, 0.717) is 18.6 Å². The molecule has 0 atom stereocenters. The third kappa shape index (κ3) is 4.17. The van der Waals surface area contributed by atoms with Crippen LogP contribution in [0.4, 0.5) is 0 Å². The Bertz CT molecular complexity index is 354. The van der Waals surface area contributed by atoms with Gasteiger partial charge < -0.3 is 9.84 Å². The van der Waals surface area contributed by atoms with E-state index in [4.69, 9.17) is 21.4 Å². The molecule has 0 saturated carbocycles. The molecule has 18 heavy (non-hydrogen) atoms. The molecule has 0 radical (unpaired) electrons. The van der Waals surface area contributed by atoms with Crippen LogP contribution in [0.1, 0.15) is 23.5 Å². The SMILES string of the molecule is OCCOC1CCN(Cc2nc(CCl)cs2)CC1. The summed E-state index contributed by atoms with van der Waals surface area (Å²) in [6.45, 7) is 3.54. The van der Waals surface area contributed by atoms with Crippen LogP contribution < -0.4 is 0 Å². The second-order valence-electron chi connectivity index (χ2n) is 4.44. The van der Waals surface area contributed by atoms with E-state index >= 15 is 0 Å². The lowest BCUT2D eigenvalue weighted by molar-refractivity contribution is -0.00902. The highest BCUT2D eigenvalue weighted by molar-refractivity contribution is 7.09. The van der Waals surface area contributed by atoms with Crippen LogP contribution in [-0.4, -0.2) is 47.4 Å². The first-order valence-corrected chi connectivity index (χ1v) is 7.67. The van der Waals surface area contributed by atoms with Gasteiger partial charge in [0.05, 0.1) is 37.4 Å². The van der Waals surface area contributed by atoms with E-state index < -0.39 is 0 Å². The number of alkyl halides is 1. The van der Waals surface area contributed by atoms with Gasteiger partial charge in [0, 0.05) is 18.5 Å². The van der Waals surface area contributed by atoms with E-state index in [0.717, 1.165) is 43.2 Å². The maximum absolute atomic E-state index is 8.72. The summed E-state index contributed by atoms with van der Waals surface area (Å²) < 4.78 is 5.55. The molecule has 1 aliphatic heterocycles. The first kappa shape index (κ1) is 14.2. The lowest BCUT2D eigenvalue weighted by atomic mass is 10.1. The van der Waals surface area contributed by atoms with Crippen molar-refractivity contribution in [2.75, 3.05) is 26.3 Å². The highest BCUT2D eigenvalue weighted by Crippen LogP contribution is 2.18. The number of hydrogen-bond donors (Lipinski definition) is 1. The van der Waals surface area contributed by atoms with E-state index in [9.17, 15) is 0 Å². The number of halogens is 1. The molecule has 0 spiro atoms. The largest absolute Gasteiger partial charge is 0.394 e. The lowest BCUT2D eigenvalue weighted by Crippen LogP contribution is -2.36. The molecule has 4 nitrogen and oxygen atoms in total. The van der Waals surface area contributed by atoms with Gasteiger partial charge in [0.15, 0.2) is 0 Å². The minimum absolute atomic E-state index is 0.112. The number of nitrogens with zero attached hydrogens (tertiary/aromatic N) is 2. The molecular formula is C12H19ClN2O2S. The van der Waals surface area contributed by atoms with Crippen molar-refractivity contribution in [3.63, 3.8) is 0 Å². The second kappa shape index (κ2) is 7.40. The van der Waals surface area contributed by atoms with Gasteiger partial charge in [0.25, 0.3) is 0 Å². The fraction of sp³-hybridized carbons (Fsp3) is 0.750. The number of ether oxygens (including phenoxy) is 1. The Morgan fingerprint density at radius 2 is 2.28 bits per heavy atom. The van der Waals surface area contributed by atoms with Crippen LogP contribution in [-0.2, 0) is 17.2 Å². The minimum atomic E-state index is 0.112. The number of aliphatic hydroxyl groups excluding tert-OH is 1. The predicted molar refractivity (Wildman–Crippen MR) is 73.0 cm³/mol. The van der Waals surface area contributed by atoms with Crippen molar-refractivity contribution in [2.24, 2.45) is 0 Å². The Morgan fingerprint density at radius 3 is 2.89 bits per heavy atom. The monoisotopic (exact) mass is 290 g/mol. The zero-order valence-electron chi connectivity index (χ0n) is 10.3. The average molecular weight is 291 g/mol. The van der Waals surface area contributed by atoms with Gasteiger partial charge >= 0.3 is 0 Å². The summed E-state index contributed by atoms with van der Waals surface area (Å²) in [6, 6.07) is 0. The van der Waals surface area contributed by atoms with Gasteiger partial charge in [-0.2, -0.15) is 0 Å². The lowest BCUT2D eigenvalue weighted by Gasteiger charge is -2.31. The van der Waals surface area contributed by atoms with E-state index in [2.05, 4.69) is 9.88 Å². The maximum atomic E-state index is 8.72. The number of rotatable bonds is 6. The first-order valence-electron chi connectivity index (χ1n) is 6.26. The summed E-state index contributed by atoms with van der Waals surface area (Å²) in [6.07, 6.45) is 2.38. The summed E-state index contributed by atoms with van der Waals surface area (Å²) in [5, 5.41) is 11.9. The summed E-state index contributed by atoms with van der Waals surface area (Å²) in [5.74, 6) is 0.494. The van der Waals surface area contributed by atoms with Crippen LogP contribution in [0.3, 0.4) is 0 Å². The standard InChI is InChI=1S/C12H19ClN2O2S/c13-7-10-9-18-12(14-10)8-15-3-1-11(2-4-15)17-6-5-16/h9,11,16H,1-8H2. The van der Waals surface area contributed by atoms with Crippen molar-refractivity contribution in [1.29, 1.82) is 0 Å². The van der Waals surface area contributed by atoms with Crippen LogP contribution in [0.5, 0.6) is 0 Å². The molecule has 0 unspecified atom stereocenters. The third-order valence-electron chi connectivity index (χ3n) is 3.07. The highest BCUT2D eigenvalue weighted by atomic mass is 35.5. The normalized spacial score (nSPS) is 18.3. The van der Waals surface area contributed by atoms with Crippen molar-refractivity contribution < 1.29 is 9.84 Å². The Balaban J connectivity index is 1.73. The molecule has 1 fully saturated rings. The van der Waals surface area contributed by atoms with E-state index in [1.807, 2.05) is 5.38 Å². The average Bonchev–Trinajstić information content (AvgIpc) is 2.86. The van der Waals surface area contributed by atoms with Gasteiger partial charge in [-0.3, -0.25) is 4.90 Å². The summed E-state index contributed by atoms with van der Waals surface area (Å²) in [4.78, 5) is 6.87. The molecule has 0 amide bonds. The smallest absolute Gasteiger partial charge is 0.107 e. The van der Waals surface area contributed by atoms with Crippen LogP contribution >= 0.6 is 22.9 Å². The molecule has 1 aromatic rings. The van der Waals surface area contributed by atoms with Crippen LogP contribution in [0.15, 0.2) is 5.38 Å². The Labute approximate surface area is 117 Å². The molecular weight excluding hydrogens is 272 g/mol.